The molecule has 0 radical (unpaired) electrons. The van der Waals surface area contributed by atoms with Gasteiger partial charge in [0.25, 0.3) is 11.9 Å². The van der Waals surface area contributed by atoms with Gasteiger partial charge in [-0.3, -0.25) is 4.98 Å². The van der Waals surface area contributed by atoms with Gasteiger partial charge >= 0.3 is 11.8 Å². The molecule has 0 saturated carbocycles. The highest BCUT2D eigenvalue weighted by molar-refractivity contribution is 7.99. The summed E-state index contributed by atoms with van der Waals surface area (Å²) in [7, 11) is 0. The highest BCUT2D eigenvalue weighted by Gasteiger charge is 2.24. The van der Waals surface area contributed by atoms with E-state index in [4.69, 9.17) is 0 Å². The number of pyridine rings is 1. The Hall–Kier alpha value is -2.37. The SMILES string of the molecule is CCOC(=O)n1nc(Sc2c(F)c(F)nc(F)c2F)[nH]c1=O. The van der Waals surface area contributed by atoms with Crippen molar-refractivity contribution in [1.29, 1.82) is 0 Å². The number of hydrogen-bond donors (Lipinski definition) is 1. The summed E-state index contributed by atoms with van der Waals surface area (Å²) < 4.78 is 57.6. The van der Waals surface area contributed by atoms with Crippen molar-refractivity contribution in [1.82, 2.24) is 19.7 Å². The van der Waals surface area contributed by atoms with Crippen LogP contribution in [-0.4, -0.2) is 32.4 Å². The Kier molecular flexibility index (Phi) is 4.49. The molecule has 0 amide bonds. The summed E-state index contributed by atoms with van der Waals surface area (Å²) in [6, 6.07) is 0. The molecule has 22 heavy (non-hydrogen) atoms. The third-order valence-electron chi connectivity index (χ3n) is 2.19. The number of carbonyl (C=O) groups excluding carboxylic acids is 1. The van der Waals surface area contributed by atoms with Gasteiger partial charge in [0.15, 0.2) is 16.8 Å². The molecule has 0 aliphatic carbocycles. The summed E-state index contributed by atoms with van der Waals surface area (Å²) in [5.74, 6) is -7.21. The van der Waals surface area contributed by atoms with E-state index in [0.29, 0.717) is 0 Å². The Morgan fingerprint density at radius 1 is 1.27 bits per heavy atom. The van der Waals surface area contributed by atoms with Crippen LogP contribution in [0.3, 0.4) is 0 Å². The van der Waals surface area contributed by atoms with E-state index in [2.05, 4.69) is 14.8 Å². The number of carbonyl (C=O) groups is 1. The zero-order chi connectivity index (χ0) is 16.4. The molecule has 1 N–H and O–H groups in total. The van der Waals surface area contributed by atoms with Crippen LogP contribution in [0.15, 0.2) is 14.8 Å². The average Bonchev–Trinajstić information content (AvgIpc) is 2.83. The minimum absolute atomic E-state index is 0.0371. The Balaban J connectivity index is 2.39. The normalized spacial score (nSPS) is 10.8. The monoisotopic (exact) mass is 338 g/mol. The molecule has 0 aromatic carbocycles. The molecule has 0 aliphatic heterocycles. The molecule has 0 saturated heterocycles. The summed E-state index contributed by atoms with van der Waals surface area (Å²) in [5.41, 5.74) is -1.04. The lowest BCUT2D eigenvalue weighted by atomic mass is 10.4. The first-order chi connectivity index (χ1) is 10.3. The standard InChI is InChI=1S/C10H6F4N4O3S/c1-2-21-10(20)18-9(19)16-8(17-18)22-5-3(11)6(13)15-7(14)4(5)12/h2H2,1H3,(H,16,17,19). The predicted molar refractivity (Wildman–Crippen MR) is 63.5 cm³/mol. The van der Waals surface area contributed by atoms with E-state index in [9.17, 15) is 27.2 Å². The zero-order valence-electron chi connectivity index (χ0n) is 10.7. The lowest BCUT2D eigenvalue weighted by Crippen LogP contribution is -2.26. The fourth-order valence-corrected chi connectivity index (χ4v) is 2.12. The number of nitrogens with one attached hydrogen (secondary N) is 1. The van der Waals surface area contributed by atoms with E-state index in [0.717, 1.165) is 0 Å². The largest absolute Gasteiger partial charge is 0.448 e. The third-order valence-corrected chi connectivity index (χ3v) is 3.13. The van der Waals surface area contributed by atoms with Gasteiger partial charge in [-0.25, -0.2) is 18.4 Å². The summed E-state index contributed by atoms with van der Waals surface area (Å²) in [6.07, 6.45) is -1.12. The molecule has 0 unspecified atom stereocenters. The van der Waals surface area contributed by atoms with Crippen LogP contribution in [0.25, 0.3) is 0 Å². The highest BCUT2D eigenvalue weighted by atomic mass is 32.2. The fraction of sp³-hybridized carbons (Fsp3) is 0.200. The van der Waals surface area contributed by atoms with Gasteiger partial charge in [0.1, 0.15) is 0 Å². The first kappa shape index (κ1) is 16.0. The number of H-pyrrole nitrogens is 1. The van der Waals surface area contributed by atoms with Crippen LogP contribution in [0.2, 0.25) is 0 Å². The molecule has 2 aromatic heterocycles. The van der Waals surface area contributed by atoms with Crippen molar-refractivity contribution in [3.8, 4) is 0 Å². The number of rotatable bonds is 3. The molecule has 0 atom stereocenters. The quantitative estimate of drug-likeness (QED) is 0.676. The van der Waals surface area contributed by atoms with Crippen molar-refractivity contribution in [2.45, 2.75) is 17.0 Å². The second-order valence-corrected chi connectivity index (χ2v) is 4.60. The van der Waals surface area contributed by atoms with Gasteiger partial charge in [-0.1, -0.05) is 0 Å². The van der Waals surface area contributed by atoms with Crippen molar-refractivity contribution in [2.24, 2.45) is 0 Å². The van der Waals surface area contributed by atoms with E-state index in [1.807, 2.05) is 4.98 Å². The summed E-state index contributed by atoms with van der Waals surface area (Å²) in [6.45, 7) is 1.45. The van der Waals surface area contributed by atoms with Gasteiger partial charge in [0.05, 0.1) is 11.5 Å². The number of aromatic nitrogens is 4. The molecule has 0 aliphatic rings. The van der Waals surface area contributed by atoms with Gasteiger partial charge in [-0.05, 0) is 18.7 Å². The summed E-state index contributed by atoms with van der Waals surface area (Å²) >= 11 is 0.0744. The summed E-state index contributed by atoms with van der Waals surface area (Å²) in [5, 5.41) is 2.93. The van der Waals surface area contributed by atoms with Crippen LogP contribution >= 0.6 is 11.8 Å². The molecule has 12 heteroatoms. The highest BCUT2D eigenvalue weighted by Crippen LogP contribution is 2.30. The van der Waals surface area contributed by atoms with Crippen molar-refractivity contribution >= 4 is 17.9 Å². The second-order valence-electron chi connectivity index (χ2n) is 3.60. The van der Waals surface area contributed by atoms with E-state index in [-0.39, 0.29) is 23.1 Å². The molecule has 0 bridgehead atoms. The Morgan fingerprint density at radius 2 is 1.86 bits per heavy atom. The van der Waals surface area contributed by atoms with Gasteiger partial charge in [0.2, 0.25) is 0 Å². The number of hydrogen-bond acceptors (Lipinski definition) is 6. The maximum absolute atomic E-state index is 13.4. The van der Waals surface area contributed by atoms with Gasteiger partial charge < -0.3 is 4.74 Å². The number of halogens is 4. The molecular weight excluding hydrogens is 332 g/mol. The molecule has 0 fully saturated rings. The Labute approximate surface area is 123 Å². The molecule has 0 spiro atoms. The van der Waals surface area contributed by atoms with Crippen LogP contribution in [0.4, 0.5) is 22.4 Å². The zero-order valence-corrected chi connectivity index (χ0v) is 11.5. The van der Waals surface area contributed by atoms with Crippen LogP contribution in [-0.2, 0) is 4.74 Å². The Bertz CT molecular complexity index is 765. The molecular formula is C10H6F4N4O3S. The van der Waals surface area contributed by atoms with Crippen molar-refractivity contribution in [3.63, 3.8) is 0 Å². The second kappa shape index (κ2) is 6.17. The maximum Gasteiger partial charge on any atom is 0.439 e. The number of aromatic amines is 1. The molecule has 2 rings (SSSR count). The predicted octanol–water partition coefficient (Wildman–Crippen LogP) is 1.68. The van der Waals surface area contributed by atoms with Gasteiger partial charge in [0, 0.05) is 0 Å². The third kappa shape index (κ3) is 2.95. The van der Waals surface area contributed by atoms with Crippen LogP contribution in [0.5, 0.6) is 0 Å². The smallest absolute Gasteiger partial charge is 0.439 e. The minimum atomic E-state index is -1.85. The summed E-state index contributed by atoms with van der Waals surface area (Å²) in [4.78, 5) is 26.0. The van der Waals surface area contributed by atoms with Crippen LogP contribution in [0.1, 0.15) is 6.92 Å². The average molecular weight is 338 g/mol. The molecule has 7 nitrogen and oxygen atoms in total. The lowest BCUT2D eigenvalue weighted by Gasteiger charge is -2.03. The van der Waals surface area contributed by atoms with E-state index in [1.54, 1.807) is 0 Å². The molecule has 2 aromatic rings. The number of ether oxygens (including phenoxy) is 1. The van der Waals surface area contributed by atoms with Gasteiger partial charge in [-0.2, -0.15) is 13.8 Å². The maximum atomic E-state index is 13.4. The fourth-order valence-electron chi connectivity index (χ4n) is 1.31. The van der Waals surface area contributed by atoms with E-state index < -0.39 is 45.4 Å². The first-order valence-electron chi connectivity index (χ1n) is 5.59. The van der Waals surface area contributed by atoms with Crippen molar-refractivity contribution in [3.05, 3.63) is 34.0 Å². The first-order valence-corrected chi connectivity index (χ1v) is 6.41. The van der Waals surface area contributed by atoms with E-state index in [1.165, 1.54) is 6.92 Å². The minimum Gasteiger partial charge on any atom is -0.448 e. The van der Waals surface area contributed by atoms with Gasteiger partial charge in [-0.15, -0.1) is 9.78 Å². The van der Waals surface area contributed by atoms with Crippen LogP contribution < -0.4 is 5.69 Å². The van der Waals surface area contributed by atoms with Crippen molar-refractivity contribution in [2.75, 3.05) is 6.61 Å². The van der Waals surface area contributed by atoms with Crippen LogP contribution in [0, 0.1) is 23.5 Å². The lowest BCUT2D eigenvalue weighted by molar-refractivity contribution is 0.149. The molecule has 118 valence electrons. The topological polar surface area (TPSA) is 89.9 Å². The number of nitrogens with zero attached hydrogens (tertiary/aromatic N) is 3. The van der Waals surface area contributed by atoms with Crippen molar-refractivity contribution < 1.29 is 27.1 Å². The van der Waals surface area contributed by atoms with E-state index >= 15 is 0 Å². The Morgan fingerprint density at radius 3 is 2.41 bits per heavy atom. The molecule has 2 heterocycles.